The minimum absolute atomic E-state index is 0.00176. The maximum atomic E-state index is 12.7. The number of rotatable bonds is 3. The quantitative estimate of drug-likeness (QED) is 0.793. The second kappa shape index (κ2) is 6.16. The lowest BCUT2D eigenvalue weighted by Gasteiger charge is -2.38. The van der Waals surface area contributed by atoms with Gasteiger partial charge in [-0.1, -0.05) is 43.5 Å². The van der Waals surface area contributed by atoms with Crippen LogP contribution in [0.25, 0.3) is 0 Å². The molecule has 1 fully saturated rings. The number of hydrogen-bond acceptors (Lipinski definition) is 3. The largest absolute Gasteiger partial charge is 0.394 e. The highest BCUT2D eigenvalue weighted by atomic mass is 16.3. The van der Waals surface area contributed by atoms with Gasteiger partial charge in [0.2, 0.25) is 5.91 Å². The van der Waals surface area contributed by atoms with Crippen molar-refractivity contribution in [1.82, 2.24) is 10.6 Å². The lowest BCUT2D eigenvalue weighted by molar-refractivity contribution is -0.126. The van der Waals surface area contributed by atoms with Crippen molar-refractivity contribution in [2.24, 2.45) is 0 Å². The second-order valence-corrected chi connectivity index (χ2v) is 6.32. The molecule has 1 saturated carbocycles. The number of fused-ring (bicyclic) bond motifs is 1. The molecule has 1 amide bonds. The van der Waals surface area contributed by atoms with Crippen molar-refractivity contribution in [2.75, 3.05) is 13.2 Å². The molecule has 1 aromatic rings. The molecule has 1 aromatic carbocycles. The molecular formula is C17H24N2O2. The Bertz CT molecular complexity index is 509. The van der Waals surface area contributed by atoms with Crippen molar-refractivity contribution in [2.45, 2.75) is 50.1 Å². The Labute approximate surface area is 125 Å². The van der Waals surface area contributed by atoms with E-state index in [-0.39, 0.29) is 18.6 Å². The molecule has 4 nitrogen and oxygen atoms in total. The smallest absolute Gasteiger partial charge is 0.242 e. The number of nitrogens with one attached hydrogen (secondary N) is 2. The van der Waals surface area contributed by atoms with Gasteiger partial charge in [-0.05, 0) is 30.4 Å². The monoisotopic (exact) mass is 288 g/mol. The average Bonchev–Trinajstić information content (AvgIpc) is 2.55. The first-order valence-electron chi connectivity index (χ1n) is 7.98. The minimum Gasteiger partial charge on any atom is -0.394 e. The Morgan fingerprint density at radius 1 is 1.29 bits per heavy atom. The Balaban J connectivity index is 1.77. The normalized spacial score (nSPS) is 24.1. The molecule has 0 spiro atoms. The Morgan fingerprint density at radius 3 is 2.81 bits per heavy atom. The topological polar surface area (TPSA) is 61.4 Å². The van der Waals surface area contributed by atoms with Crippen LogP contribution in [0.5, 0.6) is 0 Å². The summed E-state index contributed by atoms with van der Waals surface area (Å²) < 4.78 is 0. The zero-order valence-electron chi connectivity index (χ0n) is 12.4. The molecule has 1 atom stereocenters. The van der Waals surface area contributed by atoms with Crippen LogP contribution in [0.1, 0.15) is 49.3 Å². The number of carbonyl (C=O) groups excluding carboxylic acids is 1. The average molecular weight is 288 g/mol. The highest BCUT2D eigenvalue weighted by molar-refractivity contribution is 5.84. The van der Waals surface area contributed by atoms with Crippen LogP contribution in [0.15, 0.2) is 24.3 Å². The van der Waals surface area contributed by atoms with Gasteiger partial charge in [0, 0.05) is 6.54 Å². The highest BCUT2D eigenvalue weighted by Crippen LogP contribution is 2.29. The zero-order valence-corrected chi connectivity index (χ0v) is 12.4. The number of amides is 1. The van der Waals surface area contributed by atoms with Crippen molar-refractivity contribution in [3.05, 3.63) is 35.4 Å². The predicted molar refractivity (Wildman–Crippen MR) is 81.9 cm³/mol. The number of carbonyl (C=O) groups is 1. The molecule has 0 bridgehead atoms. The molecule has 3 N–H and O–H groups in total. The van der Waals surface area contributed by atoms with Crippen LogP contribution in [-0.4, -0.2) is 29.7 Å². The molecule has 0 saturated heterocycles. The Morgan fingerprint density at radius 2 is 2.05 bits per heavy atom. The van der Waals surface area contributed by atoms with Gasteiger partial charge in [-0.2, -0.15) is 0 Å². The summed E-state index contributed by atoms with van der Waals surface area (Å²) in [4.78, 5) is 12.7. The van der Waals surface area contributed by atoms with E-state index in [1.165, 1.54) is 12.0 Å². The van der Waals surface area contributed by atoms with Crippen molar-refractivity contribution < 1.29 is 9.90 Å². The van der Waals surface area contributed by atoms with E-state index in [4.69, 9.17) is 0 Å². The van der Waals surface area contributed by atoms with E-state index < -0.39 is 5.54 Å². The van der Waals surface area contributed by atoms with Gasteiger partial charge in [0.25, 0.3) is 0 Å². The molecule has 0 radical (unpaired) electrons. The first kappa shape index (κ1) is 14.5. The summed E-state index contributed by atoms with van der Waals surface area (Å²) in [6, 6.07) is 7.83. The summed E-state index contributed by atoms with van der Waals surface area (Å²) in [6.45, 7) is 0.855. The molecule has 2 aliphatic rings. The third kappa shape index (κ3) is 2.97. The fourth-order valence-corrected chi connectivity index (χ4v) is 3.62. The van der Waals surface area contributed by atoms with E-state index in [0.717, 1.165) is 44.2 Å². The number of aliphatic hydroxyl groups excluding tert-OH is 1. The van der Waals surface area contributed by atoms with Crippen molar-refractivity contribution in [1.29, 1.82) is 0 Å². The lowest BCUT2D eigenvalue weighted by atomic mass is 9.81. The Kier molecular flexibility index (Phi) is 4.27. The standard InChI is InChI=1S/C17H24N2O2/c20-12-17(9-4-1-5-10-17)19-16(21)15-14-7-3-2-6-13(14)8-11-18-15/h2-3,6-7,15,18,20H,1,4-5,8-12H2,(H,19,21). The number of benzene rings is 1. The zero-order chi connectivity index (χ0) is 14.7. The van der Waals surface area contributed by atoms with Crippen LogP contribution >= 0.6 is 0 Å². The van der Waals surface area contributed by atoms with E-state index in [1.807, 2.05) is 18.2 Å². The van der Waals surface area contributed by atoms with Crippen molar-refractivity contribution >= 4 is 5.91 Å². The molecule has 0 aromatic heterocycles. The molecule has 1 heterocycles. The van der Waals surface area contributed by atoms with Crippen molar-refractivity contribution in [3.63, 3.8) is 0 Å². The molecular weight excluding hydrogens is 264 g/mol. The van der Waals surface area contributed by atoms with E-state index in [0.29, 0.717) is 0 Å². The van der Waals surface area contributed by atoms with Gasteiger partial charge >= 0.3 is 0 Å². The third-order valence-corrected chi connectivity index (χ3v) is 4.87. The first-order chi connectivity index (χ1) is 10.2. The molecule has 4 heteroatoms. The predicted octanol–water partition coefficient (Wildman–Crippen LogP) is 1.68. The summed E-state index contributed by atoms with van der Waals surface area (Å²) in [5.41, 5.74) is 1.91. The molecule has 1 unspecified atom stereocenters. The highest BCUT2D eigenvalue weighted by Gasteiger charge is 2.36. The van der Waals surface area contributed by atoms with Crippen LogP contribution in [0.2, 0.25) is 0 Å². The molecule has 1 aliphatic heterocycles. The molecule has 1 aliphatic carbocycles. The van der Waals surface area contributed by atoms with Crippen molar-refractivity contribution in [3.8, 4) is 0 Å². The summed E-state index contributed by atoms with van der Waals surface area (Å²) in [7, 11) is 0. The van der Waals surface area contributed by atoms with Gasteiger partial charge in [-0.3, -0.25) is 4.79 Å². The summed E-state index contributed by atoms with van der Waals surface area (Å²) in [5, 5.41) is 16.2. The first-order valence-corrected chi connectivity index (χ1v) is 7.98. The van der Waals surface area contributed by atoms with Crippen LogP contribution in [0.3, 0.4) is 0 Å². The van der Waals surface area contributed by atoms with Gasteiger partial charge < -0.3 is 15.7 Å². The molecule has 21 heavy (non-hydrogen) atoms. The van der Waals surface area contributed by atoms with Gasteiger partial charge in [0.1, 0.15) is 6.04 Å². The summed E-state index contributed by atoms with van der Waals surface area (Å²) in [5.74, 6) is -0.00176. The molecule has 114 valence electrons. The summed E-state index contributed by atoms with van der Waals surface area (Å²) >= 11 is 0. The number of aliphatic hydroxyl groups is 1. The van der Waals surface area contributed by atoms with Crippen LogP contribution < -0.4 is 10.6 Å². The van der Waals surface area contributed by atoms with E-state index in [9.17, 15) is 9.90 Å². The van der Waals surface area contributed by atoms with Gasteiger partial charge in [-0.25, -0.2) is 0 Å². The van der Waals surface area contributed by atoms with Crippen LogP contribution in [-0.2, 0) is 11.2 Å². The lowest BCUT2D eigenvalue weighted by Crippen LogP contribution is -2.55. The van der Waals surface area contributed by atoms with Crippen LogP contribution in [0.4, 0.5) is 0 Å². The van der Waals surface area contributed by atoms with E-state index >= 15 is 0 Å². The second-order valence-electron chi connectivity index (χ2n) is 6.32. The maximum Gasteiger partial charge on any atom is 0.242 e. The van der Waals surface area contributed by atoms with Gasteiger partial charge in [0.05, 0.1) is 12.1 Å². The maximum absolute atomic E-state index is 12.7. The third-order valence-electron chi connectivity index (χ3n) is 4.87. The fraction of sp³-hybridized carbons (Fsp3) is 0.588. The Hall–Kier alpha value is -1.39. The summed E-state index contributed by atoms with van der Waals surface area (Å²) in [6.07, 6.45) is 6.07. The van der Waals surface area contributed by atoms with Crippen LogP contribution in [0, 0.1) is 0 Å². The molecule has 3 rings (SSSR count). The SMILES string of the molecule is O=C(NC1(CO)CCCCC1)C1NCCc2ccccc21. The van der Waals surface area contributed by atoms with E-state index in [2.05, 4.69) is 16.7 Å². The number of hydrogen-bond donors (Lipinski definition) is 3. The fourth-order valence-electron chi connectivity index (χ4n) is 3.62. The van der Waals surface area contributed by atoms with Gasteiger partial charge in [-0.15, -0.1) is 0 Å². The van der Waals surface area contributed by atoms with Gasteiger partial charge in [0.15, 0.2) is 0 Å². The van der Waals surface area contributed by atoms with E-state index in [1.54, 1.807) is 0 Å². The minimum atomic E-state index is -0.413.